The van der Waals surface area contributed by atoms with E-state index < -0.39 is 65.7 Å². The van der Waals surface area contributed by atoms with Crippen molar-refractivity contribution in [1.29, 1.82) is 0 Å². The SMILES string of the molecule is C[C@H](N)C(=O)N[C@@H](Cc1ccccc1)C(=O)N[C@@H](CCC(N)=O)C(=O)N[C@@H](CCCN=C(N)N)C(=O)N[C@@H](Cc1ccccc1)C(=O)O. The van der Waals surface area contributed by atoms with Gasteiger partial charge in [-0.1, -0.05) is 60.7 Å². The van der Waals surface area contributed by atoms with Gasteiger partial charge in [0.2, 0.25) is 29.5 Å². The van der Waals surface area contributed by atoms with Crippen molar-refractivity contribution >= 4 is 41.5 Å². The number of hydrogen-bond acceptors (Lipinski definition) is 8. The molecule has 0 spiro atoms. The Balaban J connectivity index is 2.30. The molecule has 0 bridgehead atoms. The van der Waals surface area contributed by atoms with Crippen molar-refractivity contribution in [2.24, 2.45) is 27.9 Å². The van der Waals surface area contributed by atoms with Gasteiger partial charge in [0.1, 0.15) is 24.2 Å². The molecule has 16 nitrogen and oxygen atoms in total. The smallest absolute Gasteiger partial charge is 0.326 e. The largest absolute Gasteiger partial charge is 0.480 e. The summed E-state index contributed by atoms with van der Waals surface area (Å²) in [5, 5.41) is 20.0. The van der Waals surface area contributed by atoms with Crippen LogP contribution in [0.3, 0.4) is 0 Å². The van der Waals surface area contributed by atoms with E-state index in [9.17, 15) is 33.9 Å². The summed E-state index contributed by atoms with van der Waals surface area (Å²) in [6, 6.07) is 11.4. The van der Waals surface area contributed by atoms with Crippen molar-refractivity contribution in [2.45, 2.75) is 75.7 Å². The summed E-state index contributed by atoms with van der Waals surface area (Å²) < 4.78 is 0. The van der Waals surface area contributed by atoms with E-state index in [0.717, 1.165) is 0 Å². The van der Waals surface area contributed by atoms with Crippen LogP contribution >= 0.6 is 0 Å². The van der Waals surface area contributed by atoms with Crippen molar-refractivity contribution in [3.8, 4) is 0 Å². The lowest BCUT2D eigenvalue weighted by molar-refractivity contribution is -0.142. The molecule has 0 aliphatic rings. The number of carboxylic acid groups (broad SMARTS) is 1. The number of benzene rings is 2. The van der Waals surface area contributed by atoms with Crippen molar-refractivity contribution in [2.75, 3.05) is 6.54 Å². The van der Waals surface area contributed by atoms with Crippen LogP contribution in [0.15, 0.2) is 65.7 Å². The van der Waals surface area contributed by atoms with Gasteiger partial charge in [0, 0.05) is 25.8 Å². The number of primary amides is 1. The minimum Gasteiger partial charge on any atom is -0.480 e. The van der Waals surface area contributed by atoms with Gasteiger partial charge >= 0.3 is 5.97 Å². The summed E-state index contributed by atoms with van der Waals surface area (Å²) in [6.07, 6.45) is -0.294. The number of aliphatic imine (C=N–C) groups is 1. The highest BCUT2D eigenvalue weighted by Crippen LogP contribution is 2.09. The maximum Gasteiger partial charge on any atom is 0.326 e. The second-order valence-electron chi connectivity index (χ2n) is 11.2. The van der Waals surface area contributed by atoms with Gasteiger partial charge in [-0.25, -0.2) is 4.79 Å². The predicted molar refractivity (Wildman–Crippen MR) is 178 cm³/mol. The summed E-state index contributed by atoms with van der Waals surface area (Å²) in [5.74, 6) is -5.22. The van der Waals surface area contributed by atoms with Crippen LogP contribution < -0.4 is 44.2 Å². The minimum atomic E-state index is -1.37. The summed E-state index contributed by atoms with van der Waals surface area (Å²) in [6.45, 7) is 1.56. The fraction of sp³-hybridized carbons (Fsp3) is 0.406. The Morgan fingerprint density at radius 3 is 1.56 bits per heavy atom. The highest BCUT2D eigenvalue weighted by Gasteiger charge is 2.32. The molecule has 0 fully saturated rings. The molecule has 5 atom stereocenters. The van der Waals surface area contributed by atoms with Gasteiger partial charge in [0.15, 0.2) is 5.96 Å². The molecule has 0 unspecified atom stereocenters. The molecule has 0 saturated carbocycles. The van der Waals surface area contributed by atoms with E-state index in [0.29, 0.717) is 11.1 Å². The molecule has 13 N–H and O–H groups in total. The molecule has 0 aromatic heterocycles. The Bertz CT molecular complexity index is 1420. The molecule has 0 aliphatic carbocycles. The maximum absolute atomic E-state index is 13.6. The Hall–Kier alpha value is -5.51. The Morgan fingerprint density at radius 1 is 0.667 bits per heavy atom. The van der Waals surface area contributed by atoms with Gasteiger partial charge in [-0.05, 0) is 37.3 Å². The summed E-state index contributed by atoms with van der Waals surface area (Å²) in [7, 11) is 0. The van der Waals surface area contributed by atoms with Gasteiger partial charge in [0.05, 0.1) is 6.04 Å². The van der Waals surface area contributed by atoms with E-state index in [1.807, 2.05) is 0 Å². The monoisotopic (exact) mass is 667 g/mol. The van der Waals surface area contributed by atoms with E-state index in [2.05, 4.69) is 26.3 Å². The lowest BCUT2D eigenvalue weighted by Crippen LogP contribution is -2.59. The molecule has 260 valence electrons. The molecular weight excluding hydrogens is 622 g/mol. The van der Waals surface area contributed by atoms with Crippen LogP contribution in [0.4, 0.5) is 0 Å². The van der Waals surface area contributed by atoms with Crippen LogP contribution in [0.2, 0.25) is 0 Å². The predicted octanol–water partition coefficient (Wildman–Crippen LogP) is -1.84. The van der Waals surface area contributed by atoms with Crippen molar-refractivity contribution < 1.29 is 33.9 Å². The molecule has 0 heterocycles. The molecule has 5 amide bonds. The zero-order valence-electron chi connectivity index (χ0n) is 26.8. The van der Waals surface area contributed by atoms with Crippen LogP contribution in [-0.2, 0) is 41.6 Å². The Labute approximate surface area is 278 Å². The number of nitrogens with one attached hydrogen (secondary N) is 4. The van der Waals surface area contributed by atoms with E-state index in [1.165, 1.54) is 6.92 Å². The van der Waals surface area contributed by atoms with Crippen molar-refractivity contribution in [1.82, 2.24) is 21.3 Å². The van der Waals surface area contributed by atoms with Crippen molar-refractivity contribution in [3.63, 3.8) is 0 Å². The molecule has 2 aromatic carbocycles. The molecular formula is C32H45N9O7. The van der Waals surface area contributed by atoms with Gasteiger partial charge < -0.3 is 49.3 Å². The summed E-state index contributed by atoms with van der Waals surface area (Å²) in [5.41, 5.74) is 23.2. The molecule has 0 saturated heterocycles. The number of nitrogens with zero attached hydrogens (tertiary/aromatic N) is 1. The third-order valence-electron chi connectivity index (χ3n) is 7.12. The Morgan fingerprint density at radius 2 is 1.10 bits per heavy atom. The molecule has 2 aromatic rings. The van der Waals surface area contributed by atoms with Gasteiger partial charge in [0.25, 0.3) is 0 Å². The summed E-state index contributed by atoms with van der Waals surface area (Å²) in [4.78, 5) is 80.6. The average Bonchev–Trinajstić information content (AvgIpc) is 3.04. The maximum atomic E-state index is 13.6. The number of carboxylic acids is 1. The Kier molecular flexibility index (Phi) is 16.0. The van der Waals surface area contributed by atoms with E-state index in [4.69, 9.17) is 22.9 Å². The first-order valence-corrected chi connectivity index (χ1v) is 15.4. The van der Waals surface area contributed by atoms with Crippen LogP contribution in [0, 0.1) is 0 Å². The second kappa shape index (κ2) is 19.9. The molecule has 16 heteroatoms. The number of guanidine groups is 1. The quantitative estimate of drug-likeness (QED) is 0.0432. The number of hydrogen-bond donors (Lipinski definition) is 9. The number of amides is 5. The number of carbonyl (C=O) groups excluding carboxylic acids is 5. The number of rotatable bonds is 20. The zero-order chi connectivity index (χ0) is 35.6. The zero-order valence-corrected chi connectivity index (χ0v) is 26.8. The fourth-order valence-corrected chi connectivity index (χ4v) is 4.56. The number of aliphatic carboxylic acids is 1. The molecule has 2 rings (SSSR count). The summed E-state index contributed by atoms with van der Waals surface area (Å²) >= 11 is 0. The van der Waals surface area contributed by atoms with Crippen LogP contribution in [0.25, 0.3) is 0 Å². The van der Waals surface area contributed by atoms with Gasteiger partial charge in [-0.15, -0.1) is 0 Å². The van der Waals surface area contributed by atoms with Gasteiger partial charge in [-0.3, -0.25) is 29.0 Å². The normalized spacial score (nSPS) is 13.8. The highest BCUT2D eigenvalue weighted by molar-refractivity contribution is 5.95. The average molecular weight is 668 g/mol. The van der Waals surface area contributed by atoms with Crippen LogP contribution in [0.5, 0.6) is 0 Å². The number of nitrogens with two attached hydrogens (primary N) is 4. The third kappa shape index (κ3) is 14.3. The van der Waals surface area contributed by atoms with Gasteiger partial charge in [-0.2, -0.15) is 0 Å². The lowest BCUT2D eigenvalue weighted by Gasteiger charge is -2.26. The molecule has 48 heavy (non-hydrogen) atoms. The fourth-order valence-electron chi connectivity index (χ4n) is 4.56. The van der Waals surface area contributed by atoms with E-state index in [-0.39, 0.29) is 51.0 Å². The topological polar surface area (TPSA) is 287 Å². The third-order valence-corrected chi connectivity index (χ3v) is 7.12. The first kappa shape index (κ1) is 38.7. The number of carbonyl (C=O) groups is 6. The van der Waals surface area contributed by atoms with Crippen LogP contribution in [-0.4, -0.2) is 83.3 Å². The first-order valence-electron chi connectivity index (χ1n) is 15.4. The molecule has 0 radical (unpaired) electrons. The molecule has 0 aliphatic heterocycles. The van der Waals surface area contributed by atoms with E-state index >= 15 is 0 Å². The second-order valence-corrected chi connectivity index (χ2v) is 11.2. The minimum absolute atomic E-state index is 0.0103. The lowest BCUT2D eigenvalue weighted by atomic mass is 10.0. The first-order chi connectivity index (χ1) is 22.8. The van der Waals surface area contributed by atoms with Crippen LogP contribution in [0.1, 0.15) is 43.7 Å². The van der Waals surface area contributed by atoms with E-state index in [1.54, 1.807) is 60.7 Å². The highest BCUT2D eigenvalue weighted by atomic mass is 16.4. The van der Waals surface area contributed by atoms with Crippen molar-refractivity contribution in [3.05, 3.63) is 71.8 Å². The standard InChI is InChI=1S/C32H45N9O7/c1-19(33)27(43)40-24(17-20-9-4-2-5-10-20)30(46)39-23(14-15-26(34)42)29(45)38-22(13-8-16-37-32(35)36)28(44)41-25(31(47)48)18-21-11-6-3-7-12-21/h2-7,9-12,19,22-25H,8,13-18,33H2,1H3,(H2,34,42)(H,38,45)(H,39,46)(H,40,43)(H,41,44)(H,47,48)(H4,35,36,37)/t19-,22-,23-,24-,25-/m0/s1.